The molecule has 0 saturated carbocycles. The van der Waals surface area contributed by atoms with Gasteiger partial charge in [-0.25, -0.2) is 17.7 Å². The molecule has 1 aromatic rings. The first-order chi connectivity index (χ1) is 17.5. The lowest BCUT2D eigenvalue weighted by atomic mass is 9.95. The van der Waals surface area contributed by atoms with Gasteiger partial charge in [-0.1, -0.05) is 5.57 Å². The SMILES string of the molecule is CCN(c1sc(C2CCN(S(C)(=O)=O)C2)c(C(=O)NCC2C(=O)N=C(C)C=C2C)c1C)C1CCOCC1. The van der Waals surface area contributed by atoms with Crippen molar-refractivity contribution in [1.29, 1.82) is 0 Å². The number of anilines is 1. The molecule has 2 fully saturated rings. The Labute approximate surface area is 224 Å². The van der Waals surface area contributed by atoms with Gasteiger partial charge in [-0.3, -0.25) is 9.59 Å². The number of nitrogens with one attached hydrogen (secondary N) is 1. The molecule has 0 aromatic carbocycles. The Morgan fingerprint density at radius 3 is 2.54 bits per heavy atom. The summed E-state index contributed by atoms with van der Waals surface area (Å²) in [5.41, 5.74) is 3.10. The van der Waals surface area contributed by atoms with Crippen molar-refractivity contribution >= 4 is 43.9 Å². The number of sulfonamides is 1. The van der Waals surface area contributed by atoms with Crippen molar-refractivity contribution in [3.8, 4) is 0 Å². The van der Waals surface area contributed by atoms with Gasteiger partial charge in [0.25, 0.3) is 11.8 Å². The van der Waals surface area contributed by atoms with E-state index in [1.807, 2.05) is 19.9 Å². The lowest BCUT2D eigenvalue weighted by molar-refractivity contribution is -0.120. The standard InChI is InChI=1S/C26H38N4O5S2/c1-6-30(20-8-11-35-12-9-20)26-18(4)22(23(36-26)19-7-10-29(15-19)37(5,33)34)25(32)27-14-21-16(2)13-17(3)28-24(21)31/h13,19-21H,6-12,14-15H2,1-5H3,(H,27,32). The number of hydrogen-bond acceptors (Lipinski definition) is 7. The molecule has 3 aliphatic rings. The van der Waals surface area contributed by atoms with Crippen LogP contribution >= 0.6 is 11.3 Å². The number of hydrogen-bond donors (Lipinski definition) is 1. The van der Waals surface area contributed by atoms with Gasteiger partial charge in [-0.2, -0.15) is 0 Å². The highest BCUT2D eigenvalue weighted by Crippen LogP contribution is 2.44. The third-order valence-corrected chi connectivity index (χ3v) is 10.4. The maximum absolute atomic E-state index is 13.7. The molecule has 0 bridgehead atoms. The van der Waals surface area contributed by atoms with E-state index in [2.05, 4.69) is 22.1 Å². The molecule has 2 saturated heterocycles. The Bertz CT molecular complexity index is 1210. The topological polar surface area (TPSA) is 108 Å². The number of amides is 2. The number of ether oxygens (including phenoxy) is 1. The average Bonchev–Trinajstić information content (AvgIpc) is 3.45. The lowest BCUT2D eigenvalue weighted by Crippen LogP contribution is -2.39. The van der Waals surface area contributed by atoms with E-state index in [1.54, 1.807) is 18.3 Å². The maximum atomic E-state index is 13.7. The molecule has 4 heterocycles. The van der Waals surface area contributed by atoms with Gasteiger partial charge in [0.05, 0.1) is 22.7 Å². The van der Waals surface area contributed by atoms with Crippen molar-refractivity contribution in [2.75, 3.05) is 50.5 Å². The third kappa shape index (κ3) is 6.00. The quantitative estimate of drug-likeness (QED) is 0.533. The monoisotopic (exact) mass is 550 g/mol. The predicted molar refractivity (Wildman–Crippen MR) is 147 cm³/mol. The minimum absolute atomic E-state index is 0.0495. The van der Waals surface area contributed by atoms with Gasteiger partial charge in [0, 0.05) is 61.9 Å². The Morgan fingerprint density at radius 2 is 1.95 bits per heavy atom. The second-order valence-corrected chi connectivity index (χ2v) is 13.3. The number of allylic oxidation sites excluding steroid dienone is 1. The van der Waals surface area contributed by atoms with Crippen LogP contribution in [0.25, 0.3) is 0 Å². The molecule has 11 heteroatoms. The van der Waals surface area contributed by atoms with Gasteiger partial charge in [0.2, 0.25) is 10.0 Å². The molecule has 3 aliphatic heterocycles. The Balaban J connectivity index is 1.65. The lowest BCUT2D eigenvalue weighted by Gasteiger charge is -2.35. The van der Waals surface area contributed by atoms with Crippen LogP contribution in [0, 0.1) is 12.8 Å². The van der Waals surface area contributed by atoms with Crippen molar-refractivity contribution in [2.24, 2.45) is 10.9 Å². The maximum Gasteiger partial charge on any atom is 0.254 e. The van der Waals surface area contributed by atoms with Crippen LogP contribution in [0.15, 0.2) is 16.6 Å². The normalized spacial score (nSPS) is 23.6. The van der Waals surface area contributed by atoms with Crippen molar-refractivity contribution in [3.63, 3.8) is 0 Å². The number of aliphatic imine (C=N–C) groups is 1. The molecule has 1 aromatic heterocycles. The van der Waals surface area contributed by atoms with Gasteiger partial charge < -0.3 is 15.0 Å². The van der Waals surface area contributed by atoms with E-state index in [9.17, 15) is 18.0 Å². The fraction of sp³-hybridized carbons (Fsp3) is 0.654. The number of nitrogens with zero attached hydrogens (tertiary/aromatic N) is 3. The highest BCUT2D eigenvalue weighted by molar-refractivity contribution is 7.88. The van der Waals surface area contributed by atoms with Crippen LogP contribution in [0.2, 0.25) is 0 Å². The molecule has 0 spiro atoms. The second-order valence-electron chi connectivity index (χ2n) is 10.3. The first kappa shape index (κ1) is 27.9. The smallest absolute Gasteiger partial charge is 0.254 e. The molecule has 37 heavy (non-hydrogen) atoms. The molecule has 0 radical (unpaired) electrons. The second kappa shape index (κ2) is 11.3. The summed E-state index contributed by atoms with van der Waals surface area (Å²) < 4.78 is 31.5. The highest BCUT2D eigenvalue weighted by Gasteiger charge is 2.36. The first-order valence-electron chi connectivity index (χ1n) is 13.0. The zero-order valence-electron chi connectivity index (χ0n) is 22.4. The minimum atomic E-state index is -3.30. The number of carbonyl (C=O) groups is 2. The fourth-order valence-electron chi connectivity index (χ4n) is 5.62. The van der Waals surface area contributed by atoms with E-state index >= 15 is 0 Å². The molecule has 204 valence electrons. The van der Waals surface area contributed by atoms with Gasteiger partial charge in [0.1, 0.15) is 0 Å². The first-order valence-corrected chi connectivity index (χ1v) is 15.7. The van der Waals surface area contributed by atoms with Crippen molar-refractivity contribution in [2.45, 2.75) is 58.9 Å². The van der Waals surface area contributed by atoms with Crippen LogP contribution < -0.4 is 10.2 Å². The van der Waals surface area contributed by atoms with Crippen molar-refractivity contribution in [1.82, 2.24) is 9.62 Å². The van der Waals surface area contributed by atoms with Crippen molar-refractivity contribution < 1.29 is 22.7 Å². The Morgan fingerprint density at radius 1 is 1.24 bits per heavy atom. The van der Waals surface area contributed by atoms with E-state index in [1.165, 1.54) is 10.6 Å². The third-order valence-electron chi connectivity index (χ3n) is 7.64. The van der Waals surface area contributed by atoms with E-state index in [0.717, 1.165) is 53.6 Å². The van der Waals surface area contributed by atoms with Crippen LogP contribution in [-0.2, 0) is 19.6 Å². The molecule has 9 nitrogen and oxygen atoms in total. The number of rotatable bonds is 8. The van der Waals surface area contributed by atoms with Crippen LogP contribution in [0.4, 0.5) is 5.00 Å². The molecule has 0 aliphatic carbocycles. The van der Waals surface area contributed by atoms with Crippen LogP contribution in [0.1, 0.15) is 66.8 Å². The van der Waals surface area contributed by atoms with Gasteiger partial charge in [0.15, 0.2) is 0 Å². The highest BCUT2D eigenvalue weighted by atomic mass is 32.2. The zero-order chi connectivity index (χ0) is 26.9. The average molecular weight is 551 g/mol. The van der Waals surface area contributed by atoms with Gasteiger partial charge >= 0.3 is 0 Å². The fourth-order valence-corrected chi connectivity index (χ4v) is 8.07. The summed E-state index contributed by atoms with van der Waals surface area (Å²) in [4.78, 5) is 33.6. The van der Waals surface area contributed by atoms with Crippen LogP contribution in [0.3, 0.4) is 0 Å². The molecular weight excluding hydrogens is 512 g/mol. The molecule has 4 rings (SSSR count). The van der Waals surface area contributed by atoms with Crippen LogP contribution in [0.5, 0.6) is 0 Å². The molecule has 2 amide bonds. The van der Waals surface area contributed by atoms with Gasteiger partial charge in [-0.05, 0) is 58.6 Å². The Kier molecular flexibility index (Phi) is 8.57. The summed E-state index contributed by atoms with van der Waals surface area (Å²) in [6.07, 6.45) is 5.65. The zero-order valence-corrected chi connectivity index (χ0v) is 24.0. The van der Waals surface area contributed by atoms with Gasteiger partial charge in [-0.15, -0.1) is 11.3 Å². The number of thiophene rings is 1. The summed E-state index contributed by atoms with van der Waals surface area (Å²) in [6, 6.07) is 0.338. The van der Waals surface area contributed by atoms with E-state index in [0.29, 0.717) is 36.8 Å². The summed E-state index contributed by atoms with van der Waals surface area (Å²) in [5.74, 6) is -0.984. The molecule has 1 N–H and O–H groups in total. The van der Waals surface area contributed by atoms with E-state index < -0.39 is 15.9 Å². The predicted octanol–water partition coefficient (Wildman–Crippen LogP) is 3.10. The summed E-state index contributed by atoms with van der Waals surface area (Å²) in [5, 5.41) is 4.07. The number of carbonyl (C=O) groups excluding carboxylic acids is 2. The molecular formula is C26H38N4O5S2. The van der Waals surface area contributed by atoms with E-state index in [-0.39, 0.29) is 24.3 Å². The Hall–Kier alpha value is -2.08. The molecule has 2 unspecified atom stereocenters. The number of dihydropyridines is 1. The summed E-state index contributed by atoms with van der Waals surface area (Å²) >= 11 is 1.62. The minimum Gasteiger partial charge on any atom is -0.381 e. The van der Waals surface area contributed by atoms with Crippen molar-refractivity contribution in [3.05, 3.63) is 27.7 Å². The van der Waals surface area contributed by atoms with E-state index in [4.69, 9.17) is 4.74 Å². The molecule has 2 atom stereocenters. The summed E-state index contributed by atoms with van der Waals surface area (Å²) in [7, 11) is -3.30. The summed E-state index contributed by atoms with van der Waals surface area (Å²) in [6.45, 7) is 11.1. The van der Waals surface area contributed by atoms with Crippen LogP contribution in [-0.4, -0.2) is 81.9 Å². The largest absolute Gasteiger partial charge is 0.381 e.